The fourth-order valence-electron chi connectivity index (χ4n) is 3.31. The van der Waals surface area contributed by atoms with E-state index in [-0.39, 0.29) is 17.6 Å². The van der Waals surface area contributed by atoms with Crippen LogP contribution in [0, 0.1) is 12.7 Å². The smallest absolute Gasteiger partial charge is 0.276 e. The van der Waals surface area contributed by atoms with Crippen LogP contribution in [0.25, 0.3) is 5.69 Å². The number of amides is 1. The standard InChI is InChI=1S/C21H17ClFN3O2S/c1-12-10-18(27)20(25-26(12)17-5-3-2-4-15(17)22)21(28)24-16-8-9-29-19-7-6-13(23)11-14(16)19/h2-7,10-11,16H,8-9H2,1H3,(H,24,28). The largest absolute Gasteiger partial charge is 0.344 e. The van der Waals surface area contributed by atoms with E-state index in [9.17, 15) is 14.0 Å². The number of nitrogens with zero attached hydrogens (tertiary/aromatic N) is 2. The van der Waals surface area contributed by atoms with Gasteiger partial charge in [-0.1, -0.05) is 23.7 Å². The van der Waals surface area contributed by atoms with Crippen LogP contribution in [0.15, 0.2) is 58.2 Å². The Hall–Kier alpha value is -2.64. The fourth-order valence-corrected chi connectivity index (χ4v) is 4.64. The molecule has 4 rings (SSSR count). The molecule has 0 radical (unpaired) electrons. The number of aromatic nitrogens is 2. The molecule has 0 aliphatic carbocycles. The number of thioether (sulfide) groups is 1. The monoisotopic (exact) mass is 429 g/mol. The van der Waals surface area contributed by atoms with Crippen molar-refractivity contribution in [2.24, 2.45) is 0 Å². The number of nitrogens with one attached hydrogen (secondary N) is 1. The van der Waals surface area contributed by atoms with Crippen LogP contribution in [-0.2, 0) is 0 Å². The molecule has 0 saturated carbocycles. The van der Waals surface area contributed by atoms with Gasteiger partial charge in [0.05, 0.1) is 16.8 Å². The van der Waals surface area contributed by atoms with Crippen LogP contribution in [0.2, 0.25) is 5.02 Å². The lowest BCUT2D eigenvalue weighted by Crippen LogP contribution is -2.35. The van der Waals surface area contributed by atoms with Crippen molar-refractivity contribution in [2.75, 3.05) is 5.75 Å². The molecule has 0 bridgehead atoms. The second-order valence-electron chi connectivity index (χ2n) is 6.71. The summed E-state index contributed by atoms with van der Waals surface area (Å²) >= 11 is 7.87. The third-order valence-electron chi connectivity index (χ3n) is 4.72. The highest BCUT2D eigenvalue weighted by atomic mass is 35.5. The summed E-state index contributed by atoms with van der Waals surface area (Å²) < 4.78 is 15.2. The highest BCUT2D eigenvalue weighted by molar-refractivity contribution is 7.99. The highest BCUT2D eigenvalue weighted by Gasteiger charge is 2.25. The molecule has 2 aromatic carbocycles. The summed E-state index contributed by atoms with van der Waals surface area (Å²) in [6, 6.07) is 12.6. The van der Waals surface area contributed by atoms with Gasteiger partial charge in [-0.15, -0.1) is 11.8 Å². The molecule has 0 spiro atoms. The van der Waals surface area contributed by atoms with Gasteiger partial charge in [-0.3, -0.25) is 9.59 Å². The van der Waals surface area contributed by atoms with Crippen molar-refractivity contribution in [3.8, 4) is 5.69 Å². The highest BCUT2D eigenvalue weighted by Crippen LogP contribution is 2.36. The number of aryl methyl sites for hydroxylation is 1. The van der Waals surface area contributed by atoms with Crippen LogP contribution < -0.4 is 10.7 Å². The van der Waals surface area contributed by atoms with E-state index >= 15 is 0 Å². The van der Waals surface area contributed by atoms with E-state index in [0.29, 0.717) is 28.4 Å². The lowest BCUT2D eigenvalue weighted by atomic mass is 10.0. The maximum Gasteiger partial charge on any atom is 0.276 e. The average molecular weight is 430 g/mol. The van der Waals surface area contributed by atoms with E-state index in [2.05, 4.69) is 10.4 Å². The van der Waals surface area contributed by atoms with Gasteiger partial charge in [0.15, 0.2) is 5.69 Å². The van der Waals surface area contributed by atoms with Gasteiger partial charge >= 0.3 is 0 Å². The van der Waals surface area contributed by atoms with Gasteiger partial charge in [-0.05, 0) is 49.2 Å². The zero-order chi connectivity index (χ0) is 20.5. The summed E-state index contributed by atoms with van der Waals surface area (Å²) in [5.74, 6) is -0.169. The summed E-state index contributed by atoms with van der Waals surface area (Å²) in [6.07, 6.45) is 0.636. The van der Waals surface area contributed by atoms with Crippen molar-refractivity contribution < 1.29 is 9.18 Å². The molecule has 0 saturated heterocycles. The van der Waals surface area contributed by atoms with Crippen LogP contribution in [-0.4, -0.2) is 21.4 Å². The number of carbonyl (C=O) groups excluding carboxylic acids is 1. The van der Waals surface area contributed by atoms with Crippen LogP contribution in [0.3, 0.4) is 0 Å². The van der Waals surface area contributed by atoms with Crippen molar-refractivity contribution in [3.05, 3.63) is 86.5 Å². The molecule has 1 atom stereocenters. The number of para-hydroxylation sites is 1. The third kappa shape index (κ3) is 3.93. The second-order valence-corrected chi connectivity index (χ2v) is 8.25. The van der Waals surface area contributed by atoms with Gasteiger partial charge in [0.2, 0.25) is 5.43 Å². The number of hydrogen-bond donors (Lipinski definition) is 1. The molecule has 148 valence electrons. The zero-order valence-corrected chi connectivity index (χ0v) is 17.1. The predicted octanol–water partition coefficient (Wildman–Crippen LogP) is 4.30. The lowest BCUT2D eigenvalue weighted by Gasteiger charge is -2.25. The predicted molar refractivity (Wildman–Crippen MR) is 112 cm³/mol. The Balaban J connectivity index is 1.69. The van der Waals surface area contributed by atoms with Crippen LogP contribution >= 0.6 is 23.4 Å². The summed E-state index contributed by atoms with van der Waals surface area (Å²) in [6.45, 7) is 1.72. The third-order valence-corrected chi connectivity index (χ3v) is 6.16. The van der Waals surface area contributed by atoms with Gasteiger partial charge in [-0.25, -0.2) is 9.07 Å². The van der Waals surface area contributed by atoms with Crippen molar-refractivity contribution in [2.45, 2.75) is 24.3 Å². The summed E-state index contributed by atoms with van der Waals surface area (Å²) in [7, 11) is 0. The van der Waals surface area contributed by atoms with E-state index in [4.69, 9.17) is 11.6 Å². The molecule has 0 fully saturated rings. The number of rotatable bonds is 3. The Morgan fingerprint density at radius 1 is 1.28 bits per heavy atom. The minimum Gasteiger partial charge on any atom is -0.344 e. The SMILES string of the molecule is Cc1cc(=O)c(C(=O)NC2CCSc3ccc(F)cc32)nn1-c1ccccc1Cl. The van der Waals surface area contributed by atoms with E-state index < -0.39 is 11.3 Å². The van der Waals surface area contributed by atoms with E-state index in [0.717, 1.165) is 10.6 Å². The van der Waals surface area contributed by atoms with Gasteiger partial charge < -0.3 is 5.32 Å². The summed E-state index contributed by atoms with van der Waals surface area (Å²) in [5, 5.41) is 7.57. The molecule has 29 heavy (non-hydrogen) atoms. The zero-order valence-electron chi connectivity index (χ0n) is 15.5. The maximum atomic E-state index is 13.7. The normalized spacial score (nSPS) is 15.6. The summed E-state index contributed by atoms with van der Waals surface area (Å²) in [5.41, 5.74) is 1.14. The van der Waals surface area contributed by atoms with Gasteiger partial charge in [0, 0.05) is 22.4 Å². The molecule has 1 aliphatic rings. The molecule has 8 heteroatoms. The van der Waals surface area contributed by atoms with Crippen molar-refractivity contribution in [3.63, 3.8) is 0 Å². The van der Waals surface area contributed by atoms with Crippen LogP contribution in [0.1, 0.15) is 34.2 Å². The number of fused-ring (bicyclic) bond motifs is 1. The number of benzene rings is 2. The van der Waals surface area contributed by atoms with Crippen molar-refractivity contribution in [1.82, 2.24) is 15.1 Å². The first-order chi connectivity index (χ1) is 13.9. The van der Waals surface area contributed by atoms with Gasteiger partial charge in [-0.2, -0.15) is 5.10 Å². The molecule has 1 unspecified atom stereocenters. The molecule has 5 nitrogen and oxygen atoms in total. The molecule has 1 aliphatic heterocycles. The number of carbonyl (C=O) groups is 1. The minimum atomic E-state index is -0.595. The Morgan fingerprint density at radius 2 is 2.07 bits per heavy atom. The lowest BCUT2D eigenvalue weighted by molar-refractivity contribution is 0.0926. The topological polar surface area (TPSA) is 64.0 Å². The average Bonchev–Trinajstić information content (AvgIpc) is 2.69. The van der Waals surface area contributed by atoms with E-state index in [1.54, 1.807) is 49.0 Å². The maximum absolute atomic E-state index is 13.7. The molecule has 1 N–H and O–H groups in total. The minimum absolute atomic E-state index is 0.230. The Morgan fingerprint density at radius 3 is 2.86 bits per heavy atom. The van der Waals surface area contributed by atoms with Crippen molar-refractivity contribution in [1.29, 1.82) is 0 Å². The van der Waals surface area contributed by atoms with E-state index in [1.807, 2.05) is 0 Å². The molecule has 3 aromatic rings. The first-order valence-electron chi connectivity index (χ1n) is 9.03. The first-order valence-corrected chi connectivity index (χ1v) is 10.4. The quantitative estimate of drug-likeness (QED) is 0.674. The van der Waals surface area contributed by atoms with Crippen LogP contribution in [0.4, 0.5) is 4.39 Å². The van der Waals surface area contributed by atoms with Crippen molar-refractivity contribution >= 4 is 29.3 Å². The molecule has 2 heterocycles. The number of halogens is 2. The molecule has 1 amide bonds. The molecular weight excluding hydrogens is 413 g/mol. The van der Waals surface area contributed by atoms with Crippen LogP contribution in [0.5, 0.6) is 0 Å². The Bertz CT molecular complexity index is 1160. The summed E-state index contributed by atoms with van der Waals surface area (Å²) in [4.78, 5) is 26.3. The van der Waals surface area contributed by atoms with Gasteiger partial charge in [0.25, 0.3) is 5.91 Å². The second kappa shape index (κ2) is 8.00. The number of hydrogen-bond acceptors (Lipinski definition) is 4. The Kier molecular flexibility index (Phi) is 5.43. The van der Waals surface area contributed by atoms with Gasteiger partial charge in [0.1, 0.15) is 5.82 Å². The first kappa shape index (κ1) is 19.7. The van der Waals surface area contributed by atoms with E-state index in [1.165, 1.54) is 22.9 Å². The molecule has 1 aromatic heterocycles. The fraction of sp³-hybridized carbons (Fsp3) is 0.190. The molecular formula is C21H17ClFN3O2S. The Labute approximate surface area is 175 Å².